The van der Waals surface area contributed by atoms with Crippen LogP contribution in [0.3, 0.4) is 0 Å². The zero-order chi connectivity index (χ0) is 8.67. The number of fused-ring (bicyclic) bond motifs is 3. The van der Waals surface area contributed by atoms with Crippen LogP contribution in [0.2, 0.25) is 0 Å². The molecule has 13 heavy (non-hydrogen) atoms. The zero-order valence-electron chi connectivity index (χ0n) is 7.59. The van der Waals surface area contributed by atoms with Crippen molar-refractivity contribution in [2.75, 3.05) is 0 Å². The molecule has 0 heterocycles. The summed E-state index contributed by atoms with van der Waals surface area (Å²) in [5.74, 6) is 0. The van der Waals surface area contributed by atoms with Crippen molar-refractivity contribution in [3.63, 3.8) is 0 Å². The highest BCUT2D eigenvalue weighted by Crippen LogP contribution is 2.40. The lowest BCUT2D eigenvalue weighted by Crippen LogP contribution is -1.91. The molecule has 64 valence electrons. The average Bonchev–Trinajstić information content (AvgIpc) is 2.56. The molecule has 0 amide bonds. The van der Waals surface area contributed by atoms with Crippen LogP contribution in [0.1, 0.15) is 30.4 Å². The van der Waals surface area contributed by atoms with Crippen LogP contribution in [0.5, 0.6) is 0 Å². The summed E-state index contributed by atoms with van der Waals surface area (Å²) in [6.45, 7) is 0. The summed E-state index contributed by atoms with van der Waals surface area (Å²) >= 11 is 0. The Kier molecular flexibility index (Phi) is 1.42. The fourth-order valence-corrected chi connectivity index (χ4v) is 2.29. The van der Waals surface area contributed by atoms with Gasteiger partial charge in [0.15, 0.2) is 0 Å². The van der Waals surface area contributed by atoms with Crippen LogP contribution in [-0.2, 0) is 0 Å². The van der Waals surface area contributed by atoms with Crippen molar-refractivity contribution in [3.05, 3.63) is 47.0 Å². The highest BCUT2D eigenvalue weighted by atomic mass is 14.2. The fourth-order valence-electron chi connectivity index (χ4n) is 2.29. The summed E-state index contributed by atoms with van der Waals surface area (Å²) in [4.78, 5) is 0. The second-order valence-corrected chi connectivity index (χ2v) is 3.77. The van der Waals surface area contributed by atoms with Crippen molar-refractivity contribution in [1.82, 2.24) is 0 Å². The van der Waals surface area contributed by atoms with Crippen LogP contribution in [0, 0.1) is 0 Å². The van der Waals surface area contributed by atoms with Gasteiger partial charge in [-0.1, -0.05) is 36.4 Å². The highest BCUT2D eigenvalue weighted by Gasteiger charge is 2.19. The molecule has 1 aromatic rings. The molecule has 3 rings (SSSR count). The Labute approximate surface area is 78.6 Å². The van der Waals surface area contributed by atoms with Gasteiger partial charge in [0.1, 0.15) is 0 Å². The number of allylic oxidation sites excluding steroid dienone is 3. The van der Waals surface area contributed by atoms with Crippen LogP contribution in [-0.4, -0.2) is 0 Å². The molecule has 0 radical (unpaired) electrons. The predicted molar refractivity (Wildman–Crippen MR) is 56.2 cm³/mol. The summed E-state index contributed by atoms with van der Waals surface area (Å²) in [7, 11) is 0. The van der Waals surface area contributed by atoms with Gasteiger partial charge in [0.2, 0.25) is 0 Å². The molecule has 2 aliphatic rings. The van der Waals surface area contributed by atoms with Crippen molar-refractivity contribution in [2.45, 2.75) is 19.3 Å². The molecule has 1 aromatic carbocycles. The lowest BCUT2D eigenvalue weighted by molar-refractivity contribution is 0.834. The molecule has 0 heteroatoms. The van der Waals surface area contributed by atoms with E-state index in [2.05, 4.69) is 36.4 Å². The molecule has 0 saturated heterocycles. The van der Waals surface area contributed by atoms with Crippen molar-refractivity contribution in [1.29, 1.82) is 0 Å². The van der Waals surface area contributed by atoms with E-state index >= 15 is 0 Å². The van der Waals surface area contributed by atoms with Crippen LogP contribution < -0.4 is 0 Å². The van der Waals surface area contributed by atoms with E-state index in [1.807, 2.05) is 0 Å². The number of rotatable bonds is 0. The normalized spacial score (nSPS) is 18.8. The van der Waals surface area contributed by atoms with Crippen molar-refractivity contribution in [3.8, 4) is 0 Å². The fraction of sp³-hybridized carbons (Fsp3) is 0.231. The Morgan fingerprint density at radius 1 is 1.08 bits per heavy atom. The zero-order valence-corrected chi connectivity index (χ0v) is 7.59. The Hall–Kier alpha value is -1.30. The monoisotopic (exact) mass is 168 g/mol. The summed E-state index contributed by atoms with van der Waals surface area (Å²) in [5, 5.41) is 0. The van der Waals surface area contributed by atoms with E-state index in [1.165, 1.54) is 36.0 Å². The third-order valence-electron chi connectivity index (χ3n) is 2.93. The minimum absolute atomic E-state index is 1.25. The smallest absolute Gasteiger partial charge is 0.0112 e. The van der Waals surface area contributed by atoms with Crippen LogP contribution in [0.25, 0.3) is 11.6 Å². The average molecular weight is 168 g/mol. The van der Waals surface area contributed by atoms with Gasteiger partial charge in [-0.2, -0.15) is 0 Å². The Morgan fingerprint density at radius 3 is 3.00 bits per heavy atom. The number of hydrogen-bond acceptors (Lipinski definition) is 0. The van der Waals surface area contributed by atoms with Gasteiger partial charge in [-0.3, -0.25) is 0 Å². The Bertz CT molecular complexity index is 408. The van der Waals surface area contributed by atoms with E-state index in [1.54, 1.807) is 5.57 Å². The predicted octanol–water partition coefficient (Wildman–Crippen LogP) is 3.65. The highest BCUT2D eigenvalue weighted by molar-refractivity contribution is 5.94. The van der Waals surface area contributed by atoms with Gasteiger partial charge >= 0.3 is 0 Å². The van der Waals surface area contributed by atoms with Crippen LogP contribution >= 0.6 is 0 Å². The van der Waals surface area contributed by atoms with Crippen molar-refractivity contribution >= 4 is 11.6 Å². The first-order valence-corrected chi connectivity index (χ1v) is 4.96. The minimum Gasteiger partial charge on any atom is -0.0763 e. The van der Waals surface area contributed by atoms with E-state index in [0.29, 0.717) is 0 Å². The molecule has 0 N–H and O–H groups in total. The third-order valence-corrected chi connectivity index (χ3v) is 2.93. The van der Waals surface area contributed by atoms with Gasteiger partial charge in [-0.25, -0.2) is 0 Å². The molecule has 0 saturated carbocycles. The summed E-state index contributed by atoms with van der Waals surface area (Å²) < 4.78 is 0. The lowest BCUT2D eigenvalue weighted by Gasteiger charge is -2.11. The van der Waals surface area contributed by atoms with Crippen LogP contribution in [0.4, 0.5) is 0 Å². The minimum atomic E-state index is 1.25. The molecular weight excluding hydrogens is 156 g/mol. The lowest BCUT2D eigenvalue weighted by atomic mass is 9.93. The maximum absolute atomic E-state index is 2.39. The van der Waals surface area contributed by atoms with E-state index < -0.39 is 0 Å². The molecule has 0 nitrogen and oxygen atoms in total. The molecule has 0 unspecified atom stereocenters. The SMILES string of the molecule is C1=C2CCCC=C2c2ccccc21. The maximum atomic E-state index is 2.39. The molecule has 2 aliphatic carbocycles. The van der Waals surface area contributed by atoms with Gasteiger partial charge in [0.25, 0.3) is 0 Å². The molecule has 0 aliphatic heterocycles. The van der Waals surface area contributed by atoms with Crippen LogP contribution in [0.15, 0.2) is 35.9 Å². The maximum Gasteiger partial charge on any atom is -0.0112 e. The molecule has 0 spiro atoms. The van der Waals surface area contributed by atoms with Gasteiger partial charge in [0.05, 0.1) is 0 Å². The molecule has 0 aromatic heterocycles. The van der Waals surface area contributed by atoms with Gasteiger partial charge in [0, 0.05) is 0 Å². The van der Waals surface area contributed by atoms with Crippen molar-refractivity contribution < 1.29 is 0 Å². The van der Waals surface area contributed by atoms with E-state index in [9.17, 15) is 0 Å². The van der Waals surface area contributed by atoms with E-state index in [0.717, 1.165) is 0 Å². The third kappa shape index (κ3) is 0.983. The topological polar surface area (TPSA) is 0 Å². The molecule has 0 atom stereocenters. The van der Waals surface area contributed by atoms with Gasteiger partial charge in [-0.15, -0.1) is 0 Å². The van der Waals surface area contributed by atoms with E-state index in [-0.39, 0.29) is 0 Å². The summed E-state index contributed by atoms with van der Waals surface area (Å²) in [6, 6.07) is 8.69. The van der Waals surface area contributed by atoms with Gasteiger partial charge < -0.3 is 0 Å². The van der Waals surface area contributed by atoms with Gasteiger partial charge in [-0.05, 0) is 41.5 Å². The quantitative estimate of drug-likeness (QED) is 0.554. The second kappa shape index (κ2) is 2.59. The number of hydrogen-bond donors (Lipinski definition) is 0. The standard InChI is InChI=1S/C13H12/c1-3-7-12-10(5-1)9-11-6-2-4-8-13(11)12/h1,3,5,7-9H,2,4,6H2. The molecule has 0 fully saturated rings. The Balaban J connectivity index is 2.23. The number of benzene rings is 1. The second-order valence-electron chi connectivity index (χ2n) is 3.77. The first-order valence-electron chi connectivity index (χ1n) is 4.96. The molecular formula is C13H12. The Morgan fingerprint density at radius 2 is 2.00 bits per heavy atom. The van der Waals surface area contributed by atoms with Crippen molar-refractivity contribution in [2.24, 2.45) is 0 Å². The first-order chi connectivity index (χ1) is 6.45. The largest absolute Gasteiger partial charge is 0.0763 e. The van der Waals surface area contributed by atoms with E-state index in [4.69, 9.17) is 0 Å². The summed E-state index contributed by atoms with van der Waals surface area (Å²) in [5.41, 5.74) is 5.90. The molecule has 0 bridgehead atoms. The first kappa shape index (κ1) is 7.14. The summed E-state index contributed by atoms with van der Waals surface area (Å²) in [6.07, 6.45) is 8.58.